The maximum absolute atomic E-state index is 5.27. The number of nitrogens with zero attached hydrogens (tertiary/aromatic N) is 2. The van der Waals surface area contributed by atoms with Crippen LogP contribution in [0.2, 0.25) is 0 Å². The van der Waals surface area contributed by atoms with Gasteiger partial charge in [0, 0.05) is 25.4 Å². The number of hydrogen-bond donors (Lipinski definition) is 1. The first-order valence-corrected chi connectivity index (χ1v) is 6.64. The van der Waals surface area contributed by atoms with E-state index in [1.807, 2.05) is 29.1 Å². The van der Waals surface area contributed by atoms with Crippen LogP contribution in [0.5, 0.6) is 0 Å². The lowest BCUT2D eigenvalue weighted by molar-refractivity contribution is 0.148. The number of ether oxygens (including phenoxy) is 1. The SMILES string of the molecule is CCNCC(COC)n1cc(-c2ccccc2)cn1. The van der Waals surface area contributed by atoms with Crippen molar-refractivity contribution < 1.29 is 4.74 Å². The Bertz CT molecular complexity index is 481. The van der Waals surface area contributed by atoms with E-state index in [0.717, 1.165) is 18.7 Å². The molecule has 4 nitrogen and oxygen atoms in total. The minimum absolute atomic E-state index is 0.224. The predicted molar refractivity (Wildman–Crippen MR) is 77.1 cm³/mol. The Morgan fingerprint density at radius 1 is 1.26 bits per heavy atom. The normalized spacial score (nSPS) is 12.5. The fourth-order valence-electron chi connectivity index (χ4n) is 2.05. The third-order valence-electron chi connectivity index (χ3n) is 3.07. The quantitative estimate of drug-likeness (QED) is 0.829. The van der Waals surface area contributed by atoms with Gasteiger partial charge in [-0.15, -0.1) is 0 Å². The highest BCUT2D eigenvalue weighted by Crippen LogP contribution is 2.19. The largest absolute Gasteiger partial charge is 0.382 e. The van der Waals surface area contributed by atoms with Crippen molar-refractivity contribution in [1.82, 2.24) is 15.1 Å². The van der Waals surface area contributed by atoms with Crippen LogP contribution in [0.25, 0.3) is 11.1 Å². The van der Waals surface area contributed by atoms with Crippen molar-refractivity contribution in [3.05, 3.63) is 42.7 Å². The zero-order valence-corrected chi connectivity index (χ0v) is 11.5. The second-order valence-electron chi connectivity index (χ2n) is 4.49. The fourth-order valence-corrected chi connectivity index (χ4v) is 2.05. The van der Waals surface area contributed by atoms with Gasteiger partial charge < -0.3 is 10.1 Å². The van der Waals surface area contributed by atoms with Crippen LogP contribution in [0.15, 0.2) is 42.7 Å². The highest BCUT2D eigenvalue weighted by atomic mass is 16.5. The van der Waals surface area contributed by atoms with Gasteiger partial charge in [-0.25, -0.2) is 0 Å². The third-order valence-corrected chi connectivity index (χ3v) is 3.07. The van der Waals surface area contributed by atoms with E-state index < -0.39 is 0 Å². The Kier molecular flexibility index (Phi) is 5.12. The average molecular weight is 259 g/mol. The Morgan fingerprint density at radius 3 is 2.74 bits per heavy atom. The van der Waals surface area contributed by atoms with Gasteiger partial charge in [0.25, 0.3) is 0 Å². The molecule has 0 saturated heterocycles. The van der Waals surface area contributed by atoms with E-state index >= 15 is 0 Å². The maximum atomic E-state index is 5.27. The summed E-state index contributed by atoms with van der Waals surface area (Å²) in [5.74, 6) is 0. The summed E-state index contributed by atoms with van der Waals surface area (Å²) in [5, 5.41) is 7.80. The third kappa shape index (κ3) is 3.66. The molecule has 0 radical (unpaired) electrons. The summed E-state index contributed by atoms with van der Waals surface area (Å²) < 4.78 is 7.25. The van der Waals surface area contributed by atoms with E-state index in [4.69, 9.17) is 4.74 Å². The maximum Gasteiger partial charge on any atom is 0.0876 e. The molecule has 19 heavy (non-hydrogen) atoms. The van der Waals surface area contributed by atoms with Gasteiger partial charge in [-0.1, -0.05) is 37.3 Å². The van der Waals surface area contributed by atoms with E-state index in [9.17, 15) is 0 Å². The Morgan fingerprint density at radius 2 is 2.05 bits per heavy atom. The number of benzene rings is 1. The van der Waals surface area contributed by atoms with E-state index in [1.54, 1.807) is 7.11 Å². The van der Waals surface area contributed by atoms with Gasteiger partial charge in [-0.2, -0.15) is 5.10 Å². The molecule has 0 saturated carbocycles. The molecule has 1 atom stereocenters. The topological polar surface area (TPSA) is 39.1 Å². The molecule has 1 heterocycles. The van der Waals surface area contributed by atoms with Crippen LogP contribution in [0, 0.1) is 0 Å². The van der Waals surface area contributed by atoms with E-state index in [0.29, 0.717) is 6.61 Å². The smallest absolute Gasteiger partial charge is 0.0876 e. The molecular formula is C15H21N3O. The lowest BCUT2D eigenvalue weighted by atomic mass is 10.1. The van der Waals surface area contributed by atoms with Crippen LogP contribution in [-0.2, 0) is 4.74 Å². The molecule has 0 spiro atoms. The minimum Gasteiger partial charge on any atom is -0.382 e. The molecule has 0 bridgehead atoms. The monoisotopic (exact) mass is 259 g/mol. The highest BCUT2D eigenvalue weighted by Gasteiger charge is 2.12. The molecule has 1 N–H and O–H groups in total. The van der Waals surface area contributed by atoms with Crippen molar-refractivity contribution >= 4 is 0 Å². The van der Waals surface area contributed by atoms with Gasteiger partial charge in [0.05, 0.1) is 18.8 Å². The summed E-state index contributed by atoms with van der Waals surface area (Å²) in [6.07, 6.45) is 3.99. The molecule has 2 rings (SSSR count). The number of hydrogen-bond acceptors (Lipinski definition) is 3. The Balaban J connectivity index is 2.14. The van der Waals surface area contributed by atoms with Crippen molar-refractivity contribution in [2.75, 3.05) is 26.8 Å². The number of rotatable bonds is 7. The Labute approximate surface area is 114 Å². The number of nitrogens with one attached hydrogen (secondary N) is 1. The molecule has 0 amide bonds. The molecular weight excluding hydrogens is 238 g/mol. The van der Waals surface area contributed by atoms with Crippen LogP contribution in [-0.4, -0.2) is 36.6 Å². The van der Waals surface area contributed by atoms with E-state index in [2.05, 4.69) is 35.7 Å². The van der Waals surface area contributed by atoms with Crippen LogP contribution in [0.3, 0.4) is 0 Å². The second-order valence-corrected chi connectivity index (χ2v) is 4.49. The van der Waals surface area contributed by atoms with Crippen LogP contribution in [0.1, 0.15) is 13.0 Å². The van der Waals surface area contributed by atoms with Gasteiger partial charge in [-0.3, -0.25) is 4.68 Å². The molecule has 0 aliphatic carbocycles. The first-order valence-electron chi connectivity index (χ1n) is 6.64. The molecule has 0 aliphatic heterocycles. The number of aromatic nitrogens is 2. The highest BCUT2D eigenvalue weighted by molar-refractivity contribution is 5.61. The lowest BCUT2D eigenvalue weighted by Crippen LogP contribution is -2.28. The molecule has 0 fully saturated rings. The van der Waals surface area contributed by atoms with Crippen molar-refractivity contribution in [2.45, 2.75) is 13.0 Å². The predicted octanol–water partition coefficient (Wildman–Crippen LogP) is 2.35. The van der Waals surface area contributed by atoms with E-state index in [-0.39, 0.29) is 6.04 Å². The second kappa shape index (κ2) is 7.07. The molecule has 102 valence electrons. The van der Waals surface area contributed by atoms with Gasteiger partial charge >= 0.3 is 0 Å². The zero-order valence-electron chi connectivity index (χ0n) is 11.5. The first-order chi connectivity index (χ1) is 9.35. The van der Waals surface area contributed by atoms with Gasteiger partial charge in [0.1, 0.15) is 0 Å². The number of methoxy groups -OCH3 is 1. The van der Waals surface area contributed by atoms with Crippen molar-refractivity contribution in [2.24, 2.45) is 0 Å². The van der Waals surface area contributed by atoms with E-state index in [1.165, 1.54) is 5.56 Å². The lowest BCUT2D eigenvalue weighted by Gasteiger charge is -2.16. The van der Waals surface area contributed by atoms with Gasteiger partial charge in [0.15, 0.2) is 0 Å². The standard InChI is InChI=1S/C15H21N3O/c1-3-16-10-15(12-19-2)18-11-14(9-17-18)13-7-5-4-6-8-13/h4-9,11,15-16H,3,10,12H2,1-2H3. The molecule has 0 aliphatic rings. The molecule has 4 heteroatoms. The molecule has 1 aromatic heterocycles. The summed E-state index contributed by atoms with van der Waals surface area (Å²) >= 11 is 0. The molecule has 1 unspecified atom stereocenters. The van der Waals surface area contributed by atoms with Crippen LogP contribution >= 0.6 is 0 Å². The van der Waals surface area contributed by atoms with Gasteiger partial charge in [-0.05, 0) is 12.1 Å². The summed E-state index contributed by atoms with van der Waals surface area (Å²) in [7, 11) is 1.72. The van der Waals surface area contributed by atoms with Crippen LogP contribution in [0.4, 0.5) is 0 Å². The van der Waals surface area contributed by atoms with Crippen LogP contribution < -0.4 is 5.32 Å². The summed E-state index contributed by atoms with van der Waals surface area (Å²) in [6, 6.07) is 10.5. The van der Waals surface area contributed by atoms with Crippen molar-refractivity contribution in [3.8, 4) is 11.1 Å². The van der Waals surface area contributed by atoms with Gasteiger partial charge in [0.2, 0.25) is 0 Å². The van der Waals surface area contributed by atoms with Crippen molar-refractivity contribution in [1.29, 1.82) is 0 Å². The molecule has 1 aromatic carbocycles. The summed E-state index contributed by atoms with van der Waals surface area (Å²) in [4.78, 5) is 0. The zero-order chi connectivity index (χ0) is 13.5. The summed E-state index contributed by atoms with van der Waals surface area (Å²) in [5.41, 5.74) is 2.33. The summed E-state index contributed by atoms with van der Waals surface area (Å²) in [6.45, 7) is 4.57. The average Bonchev–Trinajstić information content (AvgIpc) is 2.94. The molecule has 2 aromatic rings. The van der Waals surface area contributed by atoms with Crippen molar-refractivity contribution in [3.63, 3.8) is 0 Å². The Hall–Kier alpha value is -1.65. The first kappa shape index (κ1) is 13.8. The number of likely N-dealkylation sites (N-methyl/N-ethyl adjacent to an activating group) is 1. The fraction of sp³-hybridized carbons (Fsp3) is 0.400. The minimum atomic E-state index is 0.224.